The van der Waals surface area contributed by atoms with E-state index in [-0.39, 0.29) is 12.8 Å². The second kappa shape index (κ2) is 7.24. The van der Waals surface area contributed by atoms with Gasteiger partial charge in [0.1, 0.15) is 0 Å². The lowest BCUT2D eigenvalue weighted by molar-refractivity contribution is -0.136. The summed E-state index contributed by atoms with van der Waals surface area (Å²) in [7, 11) is 0. The first-order chi connectivity index (χ1) is 7.97. The van der Waals surface area contributed by atoms with E-state index in [1.807, 2.05) is 0 Å². The molecule has 0 aromatic rings. The van der Waals surface area contributed by atoms with Crippen molar-refractivity contribution in [2.75, 3.05) is 0 Å². The Bertz CT molecular complexity index is 197. The molecule has 17 heavy (non-hydrogen) atoms. The van der Waals surface area contributed by atoms with E-state index in [1.54, 1.807) is 0 Å². The van der Waals surface area contributed by atoms with E-state index in [0.29, 0.717) is 12.3 Å². The molecule has 0 aromatic heterocycles. The first-order valence-electron chi connectivity index (χ1n) is 6.72. The van der Waals surface area contributed by atoms with Crippen LogP contribution in [0.25, 0.3) is 0 Å². The highest BCUT2D eigenvalue weighted by atomic mass is 19.4. The van der Waals surface area contributed by atoms with E-state index < -0.39 is 18.7 Å². The van der Waals surface area contributed by atoms with Crippen molar-refractivity contribution in [3.63, 3.8) is 0 Å². The molecule has 1 atom stereocenters. The summed E-state index contributed by atoms with van der Waals surface area (Å²) in [6.45, 7) is 0. The Labute approximate surface area is 101 Å². The molecule has 1 unspecified atom stereocenters. The van der Waals surface area contributed by atoms with Gasteiger partial charge in [0.15, 0.2) is 0 Å². The summed E-state index contributed by atoms with van der Waals surface area (Å²) in [5, 5.41) is 9.61. The smallest absolute Gasteiger partial charge is 0.389 e. The van der Waals surface area contributed by atoms with E-state index in [0.717, 1.165) is 6.42 Å². The van der Waals surface area contributed by atoms with Gasteiger partial charge in [-0.3, -0.25) is 0 Å². The average Bonchev–Trinajstić information content (AvgIpc) is 2.26. The van der Waals surface area contributed by atoms with E-state index >= 15 is 0 Å². The molecule has 1 fully saturated rings. The highest BCUT2D eigenvalue weighted by Gasteiger charge is 2.26. The van der Waals surface area contributed by atoms with Gasteiger partial charge < -0.3 is 5.11 Å². The van der Waals surface area contributed by atoms with Crippen LogP contribution in [0.4, 0.5) is 13.2 Å². The van der Waals surface area contributed by atoms with Crippen LogP contribution in [0.1, 0.15) is 64.2 Å². The first-order valence-corrected chi connectivity index (χ1v) is 6.72. The summed E-state index contributed by atoms with van der Waals surface area (Å²) in [6, 6.07) is 0. The van der Waals surface area contributed by atoms with Gasteiger partial charge in [-0.05, 0) is 31.6 Å². The zero-order valence-electron chi connectivity index (χ0n) is 10.3. The fraction of sp³-hybridized carbons (Fsp3) is 1.00. The maximum absolute atomic E-state index is 11.9. The van der Waals surface area contributed by atoms with E-state index in [4.69, 9.17) is 0 Å². The Hall–Kier alpha value is -0.250. The van der Waals surface area contributed by atoms with Gasteiger partial charge >= 0.3 is 6.18 Å². The fourth-order valence-corrected chi connectivity index (χ4v) is 2.59. The molecule has 102 valence electrons. The van der Waals surface area contributed by atoms with Crippen LogP contribution < -0.4 is 0 Å². The molecule has 1 aliphatic rings. The predicted octanol–water partition coefficient (Wildman–Crippen LogP) is 4.44. The van der Waals surface area contributed by atoms with Crippen molar-refractivity contribution in [1.29, 1.82) is 0 Å². The Morgan fingerprint density at radius 3 is 2.29 bits per heavy atom. The molecule has 1 N–H and O–H groups in total. The van der Waals surface area contributed by atoms with Crippen molar-refractivity contribution in [1.82, 2.24) is 0 Å². The number of aliphatic hydroxyl groups excluding tert-OH is 1. The minimum atomic E-state index is -4.08. The summed E-state index contributed by atoms with van der Waals surface area (Å²) in [5.41, 5.74) is 0. The second-order valence-corrected chi connectivity index (χ2v) is 5.24. The molecule has 0 aliphatic heterocycles. The van der Waals surface area contributed by atoms with Crippen molar-refractivity contribution >= 4 is 0 Å². The van der Waals surface area contributed by atoms with Gasteiger partial charge in [-0.2, -0.15) is 13.2 Å². The zero-order chi connectivity index (χ0) is 12.7. The Morgan fingerprint density at radius 2 is 1.71 bits per heavy atom. The molecule has 1 saturated carbocycles. The highest BCUT2D eigenvalue weighted by Crippen LogP contribution is 2.28. The summed E-state index contributed by atoms with van der Waals surface area (Å²) < 4.78 is 35.7. The highest BCUT2D eigenvalue weighted by molar-refractivity contribution is 4.68. The SMILES string of the molecule is OC(CCCC(F)(F)F)CCC1CCCCC1. The van der Waals surface area contributed by atoms with Gasteiger partial charge in [-0.1, -0.05) is 32.1 Å². The maximum atomic E-state index is 11.9. The van der Waals surface area contributed by atoms with Crippen LogP contribution >= 0.6 is 0 Å². The van der Waals surface area contributed by atoms with Crippen LogP contribution in [0, 0.1) is 5.92 Å². The number of rotatable bonds is 6. The van der Waals surface area contributed by atoms with Crippen LogP contribution in [0.3, 0.4) is 0 Å². The van der Waals surface area contributed by atoms with Crippen molar-refractivity contribution in [2.24, 2.45) is 5.92 Å². The van der Waals surface area contributed by atoms with Crippen molar-refractivity contribution in [3.05, 3.63) is 0 Å². The largest absolute Gasteiger partial charge is 0.393 e. The monoisotopic (exact) mass is 252 g/mol. The normalized spacial score (nSPS) is 20.5. The number of alkyl halides is 3. The number of halogens is 3. The third-order valence-electron chi connectivity index (χ3n) is 3.63. The van der Waals surface area contributed by atoms with Gasteiger partial charge in [0.05, 0.1) is 6.10 Å². The third kappa shape index (κ3) is 7.63. The van der Waals surface area contributed by atoms with Gasteiger partial charge in [0.25, 0.3) is 0 Å². The molecule has 0 aromatic carbocycles. The summed E-state index contributed by atoms with van der Waals surface area (Å²) >= 11 is 0. The molecule has 1 nitrogen and oxygen atoms in total. The summed E-state index contributed by atoms with van der Waals surface area (Å²) in [4.78, 5) is 0. The van der Waals surface area contributed by atoms with Crippen LogP contribution in [0.15, 0.2) is 0 Å². The molecule has 0 bridgehead atoms. The number of hydrogen-bond donors (Lipinski definition) is 1. The zero-order valence-corrected chi connectivity index (χ0v) is 10.3. The molecule has 0 amide bonds. The number of aliphatic hydroxyl groups is 1. The Balaban J connectivity index is 2.02. The molecule has 0 radical (unpaired) electrons. The lowest BCUT2D eigenvalue weighted by Gasteiger charge is -2.22. The van der Waals surface area contributed by atoms with Crippen LogP contribution in [0.2, 0.25) is 0 Å². The molecule has 0 saturated heterocycles. The predicted molar refractivity (Wildman–Crippen MR) is 61.7 cm³/mol. The quantitative estimate of drug-likeness (QED) is 0.741. The van der Waals surface area contributed by atoms with Crippen LogP contribution in [0.5, 0.6) is 0 Å². The topological polar surface area (TPSA) is 20.2 Å². The maximum Gasteiger partial charge on any atom is 0.389 e. The molecule has 0 heterocycles. The van der Waals surface area contributed by atoms with Crippen molar-refractivity contribution < 1.29 is 18.3 Å². The molecule has 4 heteroatoms. The minimum absolute atomic E-state index is 0.0509. The Kier molecular flexibility index (Phi) is 6.31. The van der Waals surface area contributed by atoms with Gasteiger partial charge in [-0.15, -0.1) is 0 Å². The van der Waals surface area contributed by atoms with Crippen molar-refractivity contribution in [3.8, 4) is 0 Å². The van der Waals surface area contributed by atoms with E-state index in [2.05, 4.69) is 0 Å². The molecular formula is C13H23F3O. The number of hydrogen-bond acceptors (Lipinski definition) is 1. The Morgan fingerprint density at radius 1 is 1.06 bits per heavy atom. The average molecular weight is 252 g/mol. The minimum Gasteiger partial charge on any atom is -0.393 e. The van der Waals surface area contributed by atoms with Crippen molar-refractivity contribution in [2.45, 2.75) is 76.5 Å². The van der Waals surface area contributed by atoms with Gasteiger partial charge in [-0.25, -0.2) is 0 Å². The molecule has 1 aliphatic carbocycles. The lowest BCUT2D eigenvalue weighted by Crippen LogP contribution is -2.14. The second-order valence-electron chi connectivity index (χ2n) is 5.24. The first kappa shape index (κ1) is 14.8. The third-order valence-corrected chi connectivity index (χ3v) is 3.63. The summed E-state index contributed by atoms with van der Waals surface area (Å²) in [6.07, 6.45) is 2.91. The lowest BCUT2D eigenvalue weighted by atomic mass is 9.85. The van der Waals surface area contributed by atoms with Gasteiger partial charge in [0.2, 0.25) is 0 Å². The van der Waals surface area contributed by atoms with E-state index in [9.17, 15) is 18.3 Å². The molecule has 0 spiro atoms. The van der Waals surface area contributed by atoms with E-state index in [1.165, 1.54) is 32.1 Å². The van der Waals surface area contributed by atoms with Crippen LogP contribution in [-0.4, -0.2) is 17.4 Å². The molecule has 1 rings (SSSR count). The van der Waals surface area contributed by atoms with Crippen LogP contribution in [-0.2, 0) is 0 Å². The standard InChI is InChI=1S/C13H23F3O/c14-13(15,16)10-4-7-12(17)9-8-11-5-2-1-3-6-11/h11-12,17H,1-10H2. The summed E-state index contributed by atoms with van der Waals surface area (Å²) in [5.74, 6) is 0.695. The fourth-order valence-electron chi connectivity index (χ4n) is 2.59. The molecular weight excluding hydrogens is 229 g/mol. The van der Waals surface area contributed by atoms with Gasteiger partial charge in [0, 0.05) is 6.42 Å².